The summed E-state index contributed by atoms with van der Waals surface area (Å²) in [4.78, 5) is 67.9. The lowest BCUT2D eigenvalue weighted by Gasteiger charge is -2.38. The first-order valence-corrected chi connectivity index (χ1v) is 18.6. The molecule has 0 saturated carbocycles. The zero-order valence-corrected chi connectivity index (χ0v) is 30.9. The highest BCUT2D eigenvalue weighted by Gasteiger charge is 2.40. The number of carboxylic acids is 1. The Hall–Kier alpha value is -4.33. The van der Waals surface area contributed by atoms with Gasteiger partial charge in [0.25, 0.3) is 0 Å². The molecule has 4 amide bonds. The number of amides is 4. The van der Waals surface area contributed by atoms with Crippen LogP contribution in [0.1, 0.15) is 82.8 Å². The van der Waals surface area contributed by atoms with Crippen LogP contribution in [0.15, 0.2) is 60.7 Å². The molecule has 1 heterocycles. The quantitative estimate of drug-likeness (QED) is 0.0940. The van der Waals surface area contributed by atoms with E-state index in [0.29, 0.717) is 38.8 Å². The van der Waals surface area contributed by atoms with Crippen molar-refractivity contribution >= 4 is 29.6 Å². The third-order valence-electron chi connectivity index (χ3n) is 9.67. The number of nitrogens with zero attached hydrogens (tertiary/aromatic N) is 1. The van der Waals surface area contributed by atoms with E-state index in [4.69, 9.17) is 11.5 Å². The van der Waals surface area contributed by atoms with Gasteiger partial charge in [-0.25, -0.2) is 0 Å². The highest BCUT2D eigenvalue weighted by atomic mass is 16.4. The molecule has 13 heteroatoms. The van der Waals surface area contributed by atoms with Gasteiger partial charge >= 0.3 is 5.97 Å². The maximum atomic E-state index is 13.9. The Morgan fingerprint density at radius 3 is 2.02 bits per heavy atom. The predicted molar refractivity (Wildman–Crippen MR) is 201 cm³/mol. The van der Waals surface area contributed by atoms with Crippen molar-refractivity contribution < 1.29 is 29.1 Å². The zero-order chi connectivity index (χ0) is 38.1. The minimum Gasteiger partial charge on any atom is -0.480 e. The maximum absolute atomic E-state index is 13.9. The average Bonchev–Trinajstić information content (AvgIpc) is 3.13. The second kappa shape index (κ2) is 21.3. The molecule has 2 aromatic carbocycles. The Bertz CT molecular complexity index is 1430. The Labute approximate surface area is 308 Å². The summed E-state index contributed by atoms with van der Waals surface area (Å²) in [5.41, 5.74) is 12.4. The van der Waals surface area contributed by atoms with Crippen molar-refractivity contribution in [3.8, 4) is 0 Å². The van der Waals surface area contributed by atoms with Gasteiger partial charge in [0.1, 0.15) is 23.7 Å². The van der Waals surface area contributed by atoms with Crippen LogP contribution in [0.2, 0.25) is 0 Å². The molecular weight excluding hydrogens is 662 g/mol. The fraction of sp³-hybridized carbons (Fsp3) is 0.564. The van der Waals surface area contributed by atoms with Crippen LogP contribution in [-0.4, -0.2) is 96.0 Å². The number of likely N-dealkylation sites (tertiary alicyclic amines) is 1. The van der Waals surface area contributed by atoms with Crippen molar-refractivity contribution in [2.75, 3.05) is 32.7 Å². The van der Waals surface area contributed by atoms with Gasteiger partial charge in [-0.1, -0.05) is 81.4 Å². The molecule has 286 valence electrons. The second-order valence-corrected chi connectivity index (χ2v) is 14.3. The molecule has 4 atom stereocenters. The summed E-state index contributed by atoms with van der Waals surface area (Å²) in [5.74, 6) is -2.56. The Morgan fingerprint density at radius 2 is 1.44 bits per heavy atom. The van der Waals surface area contributed by atoms with Gasteiger partial charge in [0.15, 0.2) is 0 Å². The SMILES string of the molecule is CCC(CNCC(=O)N[C@H](Cc1ccccc1)C(=O)NC(CC(C)C)C(=O)N[C@H](CCCCN)C(=O)N1CCC(N)(C(=O)O)CC1)c1ccccc1. The molecule has 0 radical (unpaired) electrons. The van der Waals surface area contributed by atoms with E-state index >= 15 is 0 Å². The van der Waals surface area contributed by atoms with Crippen LogP contribution >= 0.6 is 0 Å². The minimum absolute atomic E-state index is 0.0125. The first-order valence-electron chi connectivity index (χ1n) is 18.6. The van der Waals surface area contributed by atoms with Crippen LogP contribution in [0.3, 0.4) is 0 Å². The largest absolute Gasteiger partial charge is 0.480 e. The third-order valence-corrected chi connectivity index (χ3v) is 9.67. The maximum Gasteiger partial charge on any atom is 0.323 e. The summed E-state index contributed by atoms with van der Waals surface area (Å²) >= 11 is 0. The van der Waals surface area contributed by atoms with E-state index in [1.807, 2.05) is 62.4 Å². The van der Waals surface area contributed by atoms with Crippen molar-refractivity contribution in [3.05, 3.63) is 71.8 Å². The molecule has 0 aliphatic carbocycles. The van der Waals surface area contributed by atoms with E-state index in [-0.39, 0.29) is 62.5 Å². The van der Waals surface area contributed by atoms with Crippen LogP contribution in [0, 0.1) is 5.92 Å². The summed E-state index contributed by atoms with van der Waals surface area (Å²) in [5, 5.41) is 21.4. The molecule has 1 saturated heterocycles. The molecule has 9 N–H and O–H groups in total. The lowest BCUT2D eigenvalue weighted by Crippen LogP contribution is -2.60. The number of nitrogens with two attached hydrogens (primary N) is 2. The van der Waals surface area contributed by atoms with Gasteiger partial charge in [0.05, 0.1) is 6.54 Å². The molecule has 1 fully saturated rings. The smallest absolute Gasteiger partial charge is 0.323 e. The molecular formula is C39H59N7O6. The van der Waals surface area contributed by atoms with Gasteiger partial charge in [0.2, 0.25) is 23.6 Å². The number of benzene rings is 2. The zero-order valence-electron chi connectivity index (χ0n) is 30.9. The van der Waals surface area contributed by atoms with Crippen molar-refractivity contribution in [2.24, 2.45) is 17.4 Å². The molecule has 3 rings (SSSR count). The first-order chi connectivity index (χ1) is 24.9. The van der Waals surface area contributed by atoms with Crippen molar-refractivity contribution in [3.63, 3.8) is 0 Å². The monoisotopic (exact) mass is 721 g/mol. The summed E-state index contributed by atoms with van der Waals surface area (Å²) in [6.07, 6.45) is 3.16. The number of carbonyl (C=O) groups is 5. The van der Waals surface area contributed by atoms with Gasteiger partial charge in [-0.05, 0) is 74.5 Å². The van der Waals surface area contributed by atoms with Crippen molar-refractivity contribution in [1.29, 1.82) is 0 Å². The van der Waals surface area contributed by atoms with Crippen molar-refractivity contribution in [2.45, 2.75) is 102 Å². The van der Waals surface area contributed by atoms with Gasteiger partial charge in [-0.15, -0.1) is 0 Å². The molecule has 0 aromatic heterocycles. The summed E-state index contributed by atoms with van der Waals surface area (Å²) in [6.45, 7) is 7.29. The normalized spacial score (nSPS) is 16.3. The fourth-order valence-corrected chi connectivity index (χ4v) is 6.45. The summed E-state index contributed by atoms with van der Waals surface area (Å²) in [6, 6.07) is 16.6. The van der Waals surface area contributed by atoms with Crippen LogP contribution in [0.25, 0.3) is 0 Å². The predicted octanol–water partition coefficient (Wildman–Crippen LogP) is 2.05. The Kier molecular flexibility index (Phi) is 17.2. The minimum atomic E-state index is -1.40. The average molecular weight is 722 g/mol. The van der Waals surface area contributed by atoms with Gasteiger partial charge < -0.3 is 42.7 Å². The third kappa shape index (κ3) is 13.3. The number of hydrogen-bond donors (Lipinski definition) is 7. The number of aliphatic carboxylic acids is 1. The fourth-order valence-electron chi connectivity index (χ4n) is 6.45. The van der Waals surface area contributed by atoms with E-state index in [1.54, 1.807) is 4.90 Å². The molecule has 0 spiro atoms. The van der Waals surface area contributed by atoms with Crippen molar-refractivity contribution in [1.82, 2.24) is 26.2 Å². The number of carbonyl (C=O) groups excluding carboxylic acids is 4. The van der Waals surface area contributed by atoms with Gasteiger partial charge in [-0.3, -0.25) is 24.0 Å². The Morgan fingerprint density at radius 1 is 0.846 bits per heavy atom. The van der Waals surface area contributed by atoms with Crippen LogP contribution < -0.4 is 32.7 Å². The number of carboxylic acid groups (broad SMARTS) is 1. The number of rotatable bonds is 21. The lowest BCUT2D eigenvalue weighted by atomic mass is 9.88. The van der Waals surface area contributed by atoms with E-state index in [2.05, 4.69) is 40.3 Å². The van der Waals surface area contributed by atoms with E-state index in [9.17, 15) is 29.1 Å². The molecule has 13 nitrogen and oxygen atoms in total. The van der Waals surface area contributed by atoms with E-state index < -0.39 is 41.4 Å². The number of piperidine rings is 1. The highest BCUT2D eigenvalue weighted by Crippen LogP contribution is 2.22. The second-order valence-electron chi connectivity index (χ2n) is 14.3. The van der Waals surface area contributed by atoms with E-state index in [0.717, 1.165) is 12.0 Å². The van der Waals surface area contributed by atoms with Gasteiger partial charge in [0, 0.05) is 26.1 Å². The summed E-state index contributed by atoms with van der Waals surface area (Å²) < 4.78 is 0. The molecule has 1 aliphatic heterocycles. The summed E-state index contributed by atoms with van der Waals surface area (Å²) in [7, 11) is 0. The molecule has 52 heavy (non-hydrogen) atoms. The number of nitrogens with one attached hydrogen (secondary N) is 4. The topological polar surface area (TPSA) is 209 Å². The van der Waals surface area contributed by atoms with Crippen LogP contribution in [0.4, 0.5) is 0 Å². The molecule has 0 bridgehead atoms. The first kappa shape index (κ1) is 42.1. The molecule has 2 aromatic rings. The Balaban J connectivity index is 1.72. The van der Waals surface area contributed by atoms with Crippen LogP contribution in [-0.2, 0) is 30.4 Å². The molecule has 1 aliphatic rings. The standard InChI is InChI=1S/C39H59N7O6/c1-4-29(30-15-9-6-10-16-30)25-42-26-34(47)43-33(24-28-13-7-5-8-14-28)36(49)45-32(23-27(2)3)35(48)44-31(17-11-12-20-40)37(50)46-21-18-39(41,19-22-46)38(51)52/h5-10,13-16,27,29,31-33,42H,4,11-12,17-26,40-41H2,1-3H3,(H,43,47)(H,44,48)(H,45,49)(H,51,52)/t29?,31-,32?,33-/m1/s1. The number of hydrogen-bond acceptors (Lipinski definition) is 8. The lowest BCUT2D eigenvalue weighted by molar-refractivity contribution is -0.148. The highest BCUT2D eigenvalue weighted by molar-refractivity contribution is 5.94. The van der Waals surface area contributed by atoms with Crippen LogP contribution in [0.5, 0.6) is 0 Å². The number of unbranched alkanes of at least 4 members (excludes halogenated alkanes) is 1. The molecule has 2 unspecified atom stereocenters. The van der Waals surface area contributed by atoms with Gasteiger partial charge in [-0.2, -0.15) is 0 Å². The van der Waals surface area contributed by atoms with E-state index in [1.165, 1.54) is 5.56 Å².